The molecule has 0 aliphatic heterocycles. The van der Waals surface area contributed by atoms with Gasteiger partial charge in [-0.25, -0.2) is 0 Å². The molecule has 2 aromatic rings. The van der Waals surface area contributed by atoms with Gasteiger partial charge in [-0.1, -0.05) is 6.07 Å². The Bertz CT molecular complexity index is 789. The molecule has 0 bridgehead atoms. The third kappa shape index (κ3) is 3.93. The number of nitrogen functional groups attached to an aromatic ring is 1. The number of carbonyl (C=O) groups excluding carboxylic acids is 1. The number of carbonyl (C=O) groups is 1. The summed E-state index contributed by atoms with van der Waals surface area (Å²) in [6.45, 7) is 4.90. The molecule has 2 aromatic carbocycles. The lowest BCUT2D eigenvalue weighted by atomic mass is 9.87. The van der Waals surface area contributed by atoms with E-state index < -0.39 is 0 Å². The number of aryl methyl sites for hydroxylation is 1. The molecule has 26 heavy (non-hydrogen) atoms. The quantitative estimate of drug-likeness (QED) is 0.772. The monoisotopic (exact) mass is 354 g/mol. The summed E-state index contributed by atoms with van der Waals surface area (Å²) in [6, 6.07) is 11.3. The molecule has 138 valence electrons. The third-order valence-corrected chi connectivity index (χ3v) is 4.59. The van der Waals surface area contributed by atoms with Crippen LogP contribution in [-0.2, 0) is 6.42 Å². The van der Waals surface area contributed by atoms with Crippen molar-refractivity contribution in [3.63, 3.8) is 0 Å². The van der Waals surface area contributed by atoms with Gasteiger partial charge in [0.05, 0.1) is 19.3 Å². The standard InChI is InChI=1S/C21H26N2O3/c1-3-25-19-11-8-15(13-20(19)26-4-2)21(24)23-18-7-5-6-14-12-16(22)9-10-17(14)18/h8-13,18H,3-7,22H2,1-2H3,(H,23,24). The van der Waals surface area contributed by atoms with E-state index in [0.29, 0.717) is 30.3 Å². The van der Waals surface area contributed by atoms with E-state index >= 15 is 0 Å². The van der Waals surface area contributed by atoms with Gasteiger partial charge in [0.25, 0.3) is 5.91 Å². The van der Waals surface area contributed by atoms with Gasteiger partial charge < -0.3 is 20.5 Å². The number of anilines is 1. The normalized spacial score (nSPS) is 15.8. The lowest BCUT2D eigenvalue weighted by Crippen LogP contribution is -2.31. The van der Waals surface area contributed by atoms with E-state index in [9.17, 15) is 4.79 Å². The summed E-state index contributed by atoms with van der Waals surface area (Å²) in [5, 5.41) is 3.16. The van der Waals surface area contributed by atoms with Crippen molar-refractivity contribution in [3.05, 3.63) is 53.1 Å². The van der Waals surface area contributed by atoms with Crippen molar-refractivity contribution in [2.45, 2.75) is 39.2 Å². The number of rotatable bonds is 6. The van der Waals surface area contributed by atoms with Crippen molar-refractivity contribution >= 4 is 11.6 Å². The summed E-state index contributed by atoms with van der Waals surface area (Å²) >= 11 is 0. The van der Waals surface area contributed by atoms with Crippen LogP contribution in [0.5, 0.6) is 11.5 Å². The minimum Gasteiger partial charge on any atom is -0.490 e. The van der Waals surface area contributed by atoms with E-state index in [2.05, 4.69) is 5.32 Å². The average Bonchev–Trinajstić information content (AvgIpc) is 2.63. The first-order valence-electron chi connectivity index (χ1n) is 9.21. The largest absolute Gasteiger partial charge is 0.490 e. The van der Waals surface area contributed by atoms with Gasteiger partial charge in [-0.05, 0) is 74.6 Å². The molecule has 0 fully saturated rings. The Morgan fingerprint density at radius 2 is 1.88 bits per heavy atom. The number of hydrogen-bond donors (Lipinski definition) is 2. The van der Waals surface area contributed by atoms with Crippen LogP contribution < -0.4 is 20.5 Å². The number of hydrogen-bond acceptors (Lipinski definition) is 4. The topological polar surface area (TPSA) is 73.6 Å². The SMILES string of the molecule is CCOc1ccc(C(=O)NC2CCCc3cc(N)ccc32)cc1OCC. The van der Waals surface area contributed by atoms with Crippen LogP contribution >= 0.6 is 0 Å². The second kappa shape index (κ2) is 8.13. The number of nitrogens with one attached hydrogen (secondary N) is 1. The summed E-state index contributed by atoms with van der Waals surface area (Å²) in [5.74, 6) is 1.15. The number of ether oxygens (including phenoxy) is 2. The predicted molar refractivity (Wildman–Crippen MR) is 103 cm³/mol. The van der Waals surface area contributed by atoms with Crippen LogP contribution in [0, 0.1) is 0 Å². The zero-order valence-corrected chi connectivity index (χ0v) is 15.4. The third-order valence-electron chi connectivity index (χ3n) is 4.59. The molecule has 0 spiro atoms. The molecule has 5 nitrogen and oxygen atoms in total. The van der Waals surface area contributed by atoms with Crippen LogP contribution in [0.2, 0.25) is 0 Å². The number of benzene rings is 2. The molecule has 1 unspecified atom stereocenters. The minimum atomic E-state index is -0.108. The highest BCUT2D eigenvalue weighted by atomic mass is 16.5. The first-order valence-corrected chi connectivity index (χ1v) is 9.21. The van der Waals surface area contributed by atoms with Crippen LogP contribution in [-0.4, -0.2) is 19.1 Å². The summed E-state index contributed by atoms with van der Waals surface area (Å²) in [5.41, 5.74) is 9.61. The molecule has 3 rings (SSSR count). The molecule has 1 atom stereocenters. The number of nitrogens with two attached hydrogens (primary N) is 1. The Labute approximate surface area is 154 Å². The molecule has 0 aromatic heterocycles. The van der Waals surface area contributed by atoms with Crippen LogP contribution in [0.4, 0.5) is 5.69 Å². The molecular formula is C21H26N2O3. The molecule has 1 aliphatic rings. The summed E-state index contributed by atoms with van der Waals surface area (Å²) < 4.78 is 11.2. The van der Waals surface area contributed by atoms with Crippen molar-refractivity contribution in [3.8, 4) is 11.5 Å². The summed E-state index contributed by atoms with van der Waals surface area (Å²) in [7, 11) is 0. The molecule has 3 N–H and O–H groups in total. The summed E-state index contributed by atoms with van der Waals surface area (Å²) in [4.78, 5) is 12.8. The second-order valence-electron chi connectivity index (χ2n) is 6.40. The van der Waals surface area contributed by atoms with E-state index in [1.165, 1.54) is 5.56 Å². The smallest absolute Gasteiger partial charge is 0.251 e. The van der Waals surface area contributed by atoms with Gasteiger partial charge in [0.1, 0.15) is 0 Å². The molecule has 1 amide bonds. The molecule has 0 radical (unpaired) electrons. The van der Waals surface area contributed by atoms with Crippen LogP contribution in [0.25, 0.3) is 0 Å². The van der Waals surface area contributed by atoms with Gasteiger partial charge in [0.15, 0.2) is 11.5 Å². The van der Waals surface area contributed by atoms with Crippen molar-refractivity contribution in [1.29, 1.82) is 0 Å². The number of amides is 1. The highest BCUT2D eigenvalue weighted by molar-refractivity contribution is 5.95. The fourth-order valence-corrected chi connectivity index (χ4v) is 3.42. The van der Waals surface area contributed by atoms with Gasteiger partial charge in [-0.3, -0.25) is 4.79 Å². The predicted octanol–water partition coefficient (Wildman–Crippen LogP) is 3.87. The van der Waals surface area contributed by atoms with Crippen molar-refractivity contribution < 1.29 is 14.3 Å². The first-order chi connectivity index (χ1) is 12.6. The van der Waals surface area contributed by atoms with Gasteiger partial charge in [-0.15, -0.1) is 0 Å². The zero-order valence-electron chi connectivity index (χ0n) is 15.4. The lowest BCUT2D eigenvalue weighted by Gasteiger charge is -2.27. The fourth-order valence-electron chi connectivity index (χ4n) is 3.42. The maximum absolute atomic E-state index is 12.8. The Morgan fingerprint density at radius 3 is 2.65 bits per heavy atom. The van der Waals surface area contributed by atoms with E-state index in [4.69, 9.17) is 15.2 Å². The van der Waals surface area contributed by atoms with E-state index in [1.807, 2.05) is 32.0 Å². The van der Waals surface area contributed by atoms with E-state index in [-0.39, 0.29) is 11.9 Å². The van der Waals surface area contributed by atoms with Crippen molar-refractivity contribution in [1.82, 2.24) is 5.32 Å². The highest BCUT2D eigenvalue weighted by Gasteiger charge is 2.23. The molecule has 0 saturated carbocycles. The van der Waals surface area contributed by atoms with Crippen LogP contribution in [0.3, 0.4) is 0 Å². The number of fused-ring (bicyclic) bond motifs is 1. The zero-order chi connectivity index (χ0) is 18.5. The Kier molecular flexibility index (Phi) is 5.66. The molecule has 1 aliphatic carbocycles. The Hall–Kier alpha value is -2.69. The minimum absolute atomic E-state index is 0.00830. The highest BCUT2D eigenvalue weighted by Crippen LogP contribution is 2.32. The summed E-state index contributed by atoms with van der Waals surface area (Å²) in [6.07, 6.45) is 2.97. The van der Waals surface area contributed by atoms with E-state index in [0.717, 1.165) is 30.5 Å². The Morgan fingerprint density at radius 1 is 1.12 bits per heavy atom. The van der Waals surface area contributed by atoms with Gasteiger partial charge in [0.2, 0.25) is 0 Å². The van der Waals surface area contributed by atoms with E-state index in [1.54, 1.807) is 18.2 Å². The first kappa shape index (κ1) is 18.1. The van der Waals surface area contributed by atoms with Gasteiger partial charge in [-0.2, -0.15) is 0 Å². The molecule has 5 heteroatoms. The van der Waals surface area contributed by atoms with Crippen LogP contribution in [0.15, 0.2) is 36.4 Å². The van der Waals surface area contributed by atoms with Crippen molar-refractivity contribution in [2.24, 2.45) is 0 Å². The molecule has 0 heterocycles. The fraction of sp³-hybridized carbons (Fsp3) is 0.381. The lowest BCUT2D eigenvalue weighted by molar-refractivity contribution is 0.0932. The van der Waals surface area contributed by atoms with Gasteiger partial charge in [0, 0.05) is 11.3 Å². The van der Waals surface area contributed by atoms with Gasteiger partial charge >= 0.3 is 0 Å². The second-order valence-corrected chi connectivity index (χ2v) is 6.40. The Balaban J connectivity index is 1.79. The van der Waals surface area contributed by atoms with Crippen molar-refractivity contribution in [2.75, 3.05) is 18.9 Å². The molecular weight excluding hydrogens is 328 g/mol. The maximum Gasteiger partial charge on any atom is 0.251 e. The maximum atomic E-state index is 12.8. The molecule has 0 saturated heterocycles. The average molecular weight is 354 g/mol. The van der Waals surface area contributed by atoms with Crippen LogP contribution in [0.1, 0.15) is 54.2 Å².